The Hall–Kier alpha value is -0.650. The maximum absolute atomic E-state index is 11.6. The smallest absolute Gasteiger partial charge is 0.324 e. The molecule has 0 saturated heterocycles. The summed E-state index contributed by atoms with van der Waals surface area (Å²) < 4.78 is 9.89. The van der Waals surface area contributed by atoms with Crippen molar-refractivity contribution in [3.05, 3.63) is 0 Å². The molecule has 102 valence electrons. The summed E-state index contributed by atoms with van der Waals surface area (Å²) in [5, 5.41) is 3.20. The number of likely N-dealkylation sites (N-methyl/N-ethyl adjacent to an activating group) is 1. The van der Waals surface area contributed by atoms with E-state index in [0.29, 0.717) is 13.2 Å². The molecule has 0 aromatic heterocycles. The SMILES string of the molecule is COCC(C)N(C)CC(NC(C)C)C(=O)OC. The minimum atomic E-state index is -0.302. The molecule has 2 atom stereocenters. The van der Waals surface area contributed by atoms with Crippen molar-refractivity contribution in [3.8, 4) is 0 Å². The van der Waals surface area contributed by atoms with Crippen LogP contribution in [0.25, 0.3) is 0 Å². The lowest BCUT2D eigenvalue weighted by Gasteiger charge is -2.28. The molecule has 0 aromatic rings. The van der Waals surface area contributed by atoms with E-state index in [-0.39, 0.29) is 24.1 Å². The van der Waals surface area contributed by atoms with Gasteiger partial charge in [0.15, 0.2) is 0 Å². The standard InChI is InChI=1S/C12H26N2O3/c1-9(2)13-11(12(15)17-6)7-14(4)10(3)8-16-5/h9-11,13H,7-8H2,1-6H3. The van der Waals surface area contributed by atoms with Crippen LogP contribution in [-0.2, 0) is 14.3 Å². The van der Waals surface area contributed by atoms with E-state index >= 15 is 0 Å². The number of esters is 1. The molecule has 0 aliphatic carbocycles. The van der Waals surface area contributed by atoms with E-state index in [2.05, 4.69) is 17.1 Å². The Bertz CT molecular complexity index is 222. The number of hydrogen-bond donors (Lipinski definition) is 1. The Morgan fingerprint density at radius 1 is 1.29 bits per heavy atom. The van der Waals surface area contributed by atoms with Crippen molar-refractivity contribution in [2.75, 3.05) is 34.4 Å². The fourth-order valence-corrected chi connectivity index (χ4v) is 1.58. The molecule has 2 unspecified atom stereocenters. The summed E-state index contributed by atoms with van der Waals surface area (Å²) in [6.07, 6.45) is 0. The molecule has 0 saturated carbocycles. The van der Waals surface area contributed by atoms with E-state index in [9.17, 15) is 4.79 Å². The molecule has 17 heavy (non-hydrogen) atoms. The summed E-state index contributed by atoms with van der Waals surface area (Å²) in [4.78, 5) is 13.7. The van der Waals surface area contributed by atoms with Crippen LogP contribution >= 0.6 is 0 Å². The van der Waals surface area contributed by atoms with Gasteiger partial charge < -0.3 is 14.8 Å². The summed E-state index contributed by atoms with van der Waals surface area (Å²) in [7, 11) is 5.06. The minimum absolute atomic E-state index is 0.227. The van der Waals surface area contributed by atoms with Crippen LogP contribution in [-0.4, -0.2) is 63.4 Å². The number of carbonyl (C=O) groups is 1. The van der Waals surface area contributed by atoms with Gasteiger partial charge in [0, 0.05) is 25.7 Å². The van der Waals surface area contributed by atoms with Gasteiger partial charge in [0.25, 0.3) is 0 Å². The van der Waals surface area contributed by atoms with Crippen molar-refractivity contribution >= 4 is 5.97 Å². The highest BCUT2D eigenvalue weighted by atomic mass is 16.5. The van der Waals surface area contributed by atoms with Crippen LogP contribution in [0.2, 0.25) is 0 Å². The van der Waals surface area contributed by atoms with Crippen LogP contribution in [0.4, 0.5) is 0 Å². The van der Waals surface area contributed by atoms with Gasteiger partial charge in [0.1, 0.15) is 6.04 Å². The third-order valence-electron chi connectivity index (χ3n) is 2.65. The summed E-state index contributed by atoms with van der Waals surface area (Å²) in [6.45, 7) is 7.33. The van der Waals surface area contributed by atoms with Gasteiger partial charge in [0.05, 0.1) is 13.7 Å². The largest absolute Gasteiger partial charge is 0.468 e. The van der Waals surface area contributed by atoms with Gasteiger partial charge in [-0.15, -0.1) is 0 Å². The highest BCUT2D eigenvalue weighted by Crippen LogP contribution is 2.00. The third-order valence-corrected chi connectivity index (χ3v) is 2.65. The average molecular weight is 246 g/mol. The monoisotopic (exact) mass is 246 g/mol. The Morgan fingerprint density at radius 3 is 2.29 bits per heavy atom. The molecule has 0 rings (SSSR count). The second-order valence-electron chi connectivity index (χ2n) is 4.64. The molecule has 5 heteroatoms. The van der Waals surface area contributed by atoms with Crippen molar-refractivity contribution in [3.63, 3.8) is 0 Å². The molecule has 0 aliphatic heterocycles. The summed E-state index contributed by atoms with van der Waals surface area (Å²) in [5.74, 6) is -0.227. The van der Waals surface area contributed by atoms with Gasteiger partial charge in [0.2, 0.25) is 0 Å². The minimum Gasteiger partial charge on any atom is -0.468 e. The van der Waals surface area contributed by atoms with Gasteiger partial charge in [-0.05, 0) is 14.0 Å². The predicted octanol–water partition coefficient (Wildman–Crippen LogP) is 0.493. The van der Waals surface area contributed by atoms with Gasteiger partial charge >= 0.3 is 5.97 Å². The summed E-state index contributed by atoms with van der Waals surface area (Å²) in [6, 6.07) is 0.204. The fraction of sp³-hybridized carbons (Fsp3) is 0.917. The molecule has 0 heterocycles. The second-order valence-corrected chi connectivity index (χ2v) is 4.64. The zero-order valence-corrected chi connectivity index (χ0v) is 11.8. The summed E-state index contributed by atoms with van der Waals surface area (Å²) in [5.41, 5.74) is 0. The Kier molecular flexibility index (Phi) is 8.12. The molecular formula is C12H26N2O3. The fourth-order valence-electron chi connectivity index (χ4n) is 1.58. The summed E-state index contributed by atoms with van der Waals surface area (Å²) >= 11 is 0. The number of methoxy groups -OCH3 is 2. The second kappa shape index (κ2) is 8.44. The number of hydrogen-bond acceptors (Lipinski definition) is 5. The Morgan fingerprint density at radius 2 is 1.88 bits per heavy atom. The molecule has 0 aromatic carbocycles. The van der Waals surface area contributed by atoms with E-state index in [4.69, 9.17) is 9.47 Å². The molecule has 0 bridgehead atoms. The third kappa shape index (κ3) is 6.61. The maximum Gasteiger partial charge on any atom is 0.324 e. The highest BCUT2D eigenvalue weighted by Gasteiger charge is 2.23. The normalized spacial score (nSPS) is 15.1. The van der Waals surface area contributed by atoms with Crippen LogP contribution in [0.15, 0.2) is 0 Å². The average Bonchev–Trinajstić information content (AvgIpc) is 2.26. The van der Waals surface area contributed by atoms with Gasteiger partial charge in [-0.1, -0.05) is 13.8 Å². The zero-order valence-electron chi connectivity index (χ0n) is 11.8. The van der Waals surface area contributed by atoms with Crippen molar-refractivity contribution in [1.29, 1.82) is 0 Å². The Labute approximate surface area is 104 Å². The number of nitrogens with one attached hydrogen (secondary N) is 1. The highest BCUT2D eigenvalue weighted by molar-refractivity contribution is 5.75. The quantitative estimate of drug-likeness (QED) is 0.632. The van der Waals surface area contributed by atoms with Crippen molar-refractivity contribution in [2.45, 2.75) is 38.9 Å². The number of ether oxygens (including phenoxy) is 2. The maximum atomic E-state index is 11.6. The van der Waals surface area contributed by atoms with E-state index in [1.165, 1.54) is 7.11 Å². The molecule has 0 fully saturated rings. The van der Waals surface area contributed by atoms with Gasteiger partial charge in [-0.2, -0.15) is 0 Å². The molecule has 0 aliphatic rings. The predicted molar refractivity (Wildman–Crippen MR) is 68.0 cm³/mol. The lowest BCUT2D eigenvalue weighted by molar-refractivity contribution is -0.144. The number of carbonyl (C=O) groups excluding carboxylic acids is 1. The first-order valence-corrected chi connectivity index (χ1v) is 5.95. The van der Waals surface area contributed by atoms with Crippen molar-refractivity contribution < 1.29 is 14.3 Å². The molecule has 1 N–H and O–H groups in total. The van der Waals surface area contributed by atoms with Crippen LogP contribution in [0.1, 0.15) is 20.8 Å². The Balaban J connectivity index is 4.36. The van der Waals surface area contributed by atoms with E-state index in [0.717, 1.165) is 0 Å². The van der Waals surface area contributed by atoms with E-state index in [1.807, 2.05) is 20.9 Å². The zero-order chi connectivity index (χ0) is 13.4. The topological polar surface area (TPSA) is 50.8 Å². The van der Waals surface area contributed by atoms with E-state index in [1.54, 1.807) is 7.11 Å². The molecule has 0 radical (unpaired) electrons. The van der Waals surface area contributed by atoms with Gasteiger partial charge in [-0.3, -0.25) is 9.69 Å². The molecule has 5 nitrogen and oxygen atoms in total. The van der Waals surface area contributed by atoms with Crippen LogP contribution in [0, 0.1) is 0 Å². The van der Waals surface area contributed by atoms with Crippen LogP contribution in [0.5, 0.6) is 0 Å². The lowest BCUT2D eigenvalue weighted by Crippen LogP contribution is -2.50. The van der Waals surface area contributed by atoms with Crippen LogP contribution < -0.4 is 5.32 Å². The molecular weight excluding hydrogens is 220 g/mol. The first-order valence-electron chi connectivity index (χ1n) is 5.95. The van der Waals surface area contributed by atoms with Crippen molar-refractivity contribution in [2.24, 2.45) is 0 Å². The lowest BCUT2D eigenvalue weighted by atomic mass is 10.2. The molecule has 0 amide bonds. The first kappa shape index (κ1) is 16.4. The van der Waals surface area contributed by atoms with Crippen molar-refractivity contribution in [1.82, 2.24) is 10.2 Å². The molecule has 0 spiro atoms. The van der Waals surface area contributed by atoms with Crippen LogP contribution in [0.3, 0.4) is 0 Å². The number of nitrogens with zero attached hydrogens (tertiary/aromatic N) is 1. The first-order chi connectivity index (χ1) is 7.92. The number of rotatable bonds is 8. The van der Waals surface area contributed by atoms with E-state index < -0.39 is 0 Å². The van der Waals surface area contributed by atoms with Gasteiger partial charge in [-0.25, -0.2) is 0 Å².